The first kappa shape index (κ1) is 14.4. The molecular weight excluding hydrogens is 258 g/mol. The number of hydrogen-bond acceptors (Lipinski definition) is 3. The fourth-order valence-electron chi connectivity index (χ4n) is 2.80. The maximum Gasteiger partial charge on any atom is 0.0443 e. The van der Waals surface area contributed by atoms with E-state index < -0.39 is 0 Å². The molecule has 0 bridgehead atoms. The highest BCUT2D eigenvalue weighted by Gasteiger charge is 2.23. The average Bonchev–Trinajstić information content (AvgIpc) is 2.82. The quantitative estimate of drug-likeness (QED) is 0.817. The van der Waals surface area contributed by atoms with Crippen LogP contribution in [0.15, 0.2) is 6.07 Å². The van der Waals surface area contributed by atoms with Crippen molar-refractivity contribution >= 4 is 23.1 Å². The number of fused-ring (bicyclic) bond motifs is 1. The van der Waals surface area contributed by atoms with E-state index in [0.29, 0.717) is 6.04 Å². The highest BCUT2D eigenvalue weighted by molar-refractivity contribution is 7.98. The van der Waals surface area contributed by atoms with Crippen molar-refractivity contribution < 1.29 is 0 Å². The van der Waals surface area contributed by atoms with Gasteiger partial charge in [0.05, 0.1) is 0 Å². The van der Waals surface area contributed by atoms with Crippen LogP contribution in [0.25, 0.3) is 0 Å². The van der Waals surface area contributed by atoms with Gasteiger partial charge in [-0.05, 0) is 36.3 Å². The molecule has 0 aromatic carbocycles. The van der Waals surface area contributed by atoms with Gasteiger partial charge in [0.15, 0.2) is 0 Å². The zero-order chi connectivity index (χ0) is 13.0. The topological polar surface area (TPSA) is 12.0 Å². The maximum absolute atomic E-state index is 3.71. The lowest BCUT2D eigenvalue weighted by Crippen LogP contribution is -2.27. The second kappa shape index (κ2) is 6.97. The average molecular weight is 284 g/mol. The zero-order valence-electron chi connectivity index (χ0n) is 11.8. The van der Waals surface area contributed by atoms with Gasteiger partial charge < -0.3 is 5.32 Å². The zero-order valence-corrected chi connectivity index (χ0v) is 13.4. The fourth-order valence-corrected chi connectivity index (χ4v) is 5.35. The van der Waals surface area contributed by atoms with Gasteiger partial charge in [0, 0.05) is 21.5 Å². The van der Waals surface area contributed by atoms with Crippen LogP contribution in [-0.2, 0) is 12.2 Å². The second-order valence-electron chi connectivity index (χ2n) is 5.01. The van der Waals surface area contributed by atoms with E-state index in [2.05, 4.69) is 55.3 Å². The molecule has 0 aliphatic carbocycles. The molecule has 0 amide bonds. The predicted octanol–water partition coefficient (Wildman–Crippen LogP) is 4.62. The number of thioether (sulfide) groups is 1. The Kier molecular flexibility index (Phi) is 5.58. The van der Waals surface area contributed by atoms with Crippen LogP contribution in [0.1, 0.15) is 55.0 Å². The summed E-state index contributed by atoms with van der Waals surface area (Å²) < 4.78 is 0. The molecule has 1 atom stereocenters. The summed E-state index contributed by atoms with van der Waals surface area (Å²) in [6.45, 7) is 7.93. The van der Waals surface area contributed by atoms with Gasteiger partial charge in [0.1, 0.15) is 0 Å². The Bertz CT molecular complexity index is 345. The van der Waals surface area contributed by atoms with E-state index in [9.17, 15) is 0 Å². The van der Waals surface area contributed by atoms with Crippen LogP contribution in [0, 0.1) is 5.92 Å². The number of thiophene rings is 1. The Morgan fingerprint density at radius 1 is 1.28 bits per heavy atom. The SMILES string of the molecule is CCNC(c1cc2c(s1)CCSC2)C(CC)CC. The van der Waals surface area contributed by atoms with Crippen LogP contribution in [0.3, 0.4) is 0 Å². The van der Waals surface area contributed by atoms with Crippen molar-refractivity contribution in [3.05, 3.63) is 21.4 Å². The van der Waals surface area contributed by atoms with Crippen molar-refractivity contribution in [2.24, 2.45) is 5.92 Å². The first-order valence-corrected chi connectivity index (χ1v) is 9.19. The molecule has 1 N–H and O–H groups in total. The van der Waals surface area contributed by atoms with E-state index >= 15 is 0 Å². The van der Waals surface area contributed by atoms with Crippen LogP contribution in [0.2, 0.25) is 0 Å². The Labute approximate surface area is 120 Å². The van der Waals surface area contributed by atoms with Crippen molar-refractivity contribution in [1.29, 1.82) is 0 Å². The summed E-state index contributed by atoms with van der Waals surface area (Å²) in [6.07, 6.45) is 3.82. The molecule has 2 rings (SSSR count). The molecule has 1 aliphatic heterocycles. The molecule has 1 aliphatic rings. The second-order valence-corrected chi connectivity index (χ2v) is 7.29. The van der Waals surface area contributed by atoms with Crippen molar-refractivity contribution in [2.75, 3.05) is 12.3 Å². The minimum Gasteiger partial charge on any atom is -0.309 e. The van der Waals surface area contributed by atoms with Gasteiger partial charge in [-0.25, -0.2) is 0 Å². The molecule has 0 saturated heterocycles. The smallest absolute Gasteiger partial charge is 0.0443 e. The van der Waals surface area contributed by atoms with Crippen LogP contribution >= 0.6 is 23.1 Å². The molecule has 1 unspecified atom stereocenters. The predicted molar refractivity (Wildman–Crippen MR) is 84.7 cm³/mol. The molecule has 0 spiro atoms. The minimum atomic E-state index is 0.575. The highest BCUT2D eigenvalue weighted by Crippen LogP contribution is 2.38. The summed E-state index contributed by atoms with van der Waals surface area (Å²) in [5.74, 6) is 3.31. The van der Waals surface area contributed by atoms with Gasteiger partial charge in [0.25, 0.3) is 0 Å². The molecule has 1 nitrogen and oxygen atoms in total. The molecule has 1 aromatic heterocycles. The summed E-state index contributed by atoms with van der Waals surface area (Å²) in [4.78, 5) is 3.23. The molecule has 0 fully saturated rings. The summed E-state index contributed by atoms with van der Waals surface area (Å²) in [6, 6.07) is 3.06. The largest absolute Gasteiger partial charge is 0.309 e. The number of rotatable bonds is 6. The van der Waals surface area contributed by atoms with Crippen molar-refractivity contribution in [3.8, 4) is 0 Å². The lowest BCUT2D eigenvalue weighted by Gasteiger charge is -2.25. The van der Waals surface area contributed by atoms with Gasteiger partial charge in [-0.2, -0.15) is 11.8 Å². The van der Waals surface area contributed by atoms with Gasteiger partial charge in [-0.1, -0.05) is 33.6 Å². The Hall–Kier alpha value is 0.01000. The monoisotopic (exact) mass is 283 g/mol. The molecule has 1 aromatic rings. The summed E-state index contributed by atoms with van der Waals surface area (Å²) in [5.41, 5.74) is 1.61. The number of hydrogen-bond donors (Lipinski definition) is 1. The molecule has 3 heteroatoms. The van der Waals surface area contributed by atoms with Crippen molar-refractivity contribution in [1.82, 2.24) is 5.32 Å². The van der Waals surface area contributed by atoms with Gasteiger partial charge in [0.2, 0.25) is 0 Å². The maximum atomic E-state index is 3.71. The summed E-state index contributed by atoms with van der Waals surface area (Å²) in [5, 5.41) is 3.71. The molecule has 102 valence electrons. The van der Waals surface area contributed by atoms with E-state index in [0.717, 1.165) is 12.5 Å². The summed E-state index contributed by atoms with van der Waals surface area (Å²) >= 11 is 4.15. The molecule has 0 saturated carbocycles. The molecule has 2 heterocycles. The van der Waals surface area contributed by atoms with Crippen LogP contribution in [-0.4, -0.2) is 12.3 Å². The van der Waals surface area contributed by atoms with Crippen molar-refractivity contribution in [3.63, 3.8) is 0 Å². The fraction of sp³-hybridized carbons (Fsp3) is 0.733. The third-order valence-electron chi connectivity index (χ3n) is 3.90. The van der Waals surface area contributed by atoms with Gasteiger partial charge >= 0.3 is 0 Å². The third-order valence-corrected chi connectivity index (χ3v) is 6.23. The van der Waals surface area contributed by atoms with Crippen LogP contribution < -0.4 is 5.32 Å². The number of aryl methyl sites for hydroxylation is 1. The van der Waals surface area contributed by atoms with Gasteiger partial charge in [-0.15, -0.1) is 11.3 Å². The van der Waals surface area contributed by atoms with E-state index in [1.54, 1.807) is 15.3 Å². The Morgan fingerprint density at radius 2 is 2.06 bits per heavy atom. The Balaban J connectivity index is 2.21. The normalized spacial score (nSPS) is 16.9. The first-order chi connectivity index (χ1) is 8.80. The third kappa shape index (κ3) is 3.12. The van der Waals surface area contributed by atoms with E-state index in [4.69, 9.17) is 0 Å². The standard InChI is InChI=1S/C15H25NS2/c1-4-11(5-2)15(16-6-3)14-9-12-10-17-8-7-13(12)18-14/h9,11,15-16H,4-8,10H2,1-3H3. The minimum absolute atomic E-state index is 0.575. The Morgan fingerprint density at radius 3 is 2.67 bits per heavy atom. The lowest BCUT2D eigenvalue weighted by molar-refractivity contribution is 0.351. The number of nitrogens with one attached hydrogen (secondary N) is 1. The van der Waals surface area contributed by atoms with Crippen LogP contribution in [0.5, 0.6) is 0 Å². The van der Waals surface area contributed by atoms with E-state index in [1.807, 2.05) is 0 Å². The molecular formula is C15H25NS2. The summed E-state index contributed by atoms with van der Waals surface area (Å²) in [7, 11) is 0. The van der Waals surface area contributed by atoms with E-state index in [-0.39, 0.29) is 0 Å². The lowest BCUT2D eigenvalue weighted by atomic mass is 9.92. The highest BCUT2D eigenvalue weighted by atomic mass is 32.2. The molecule has 0 radical (unpaired) electrons. The van der Waals surface area contributed by atoms with Gasteiger partial charge in [-0.3, -0.25) is 0 Å². The van der Waals surface area contributed by atoms with Crippen LogP contribution in [0.4, 0.5) is 0 Å². The molecule has 18 heavy (non-hydrogen) atoms. The van der Waals surface area contributed by atoms with Crippen molar-refractivity contribution in [2.45, 2.75) is 51.8 Å². The first-order valence-electron chi connectivity index (χ1n) is 7.22. The van der Waals surface area contributed by atoms with E-state index in [1.165, 1.54) is 30.8 Å².